The first-order valence-electron chi connectivity index (χ1n) is 9.86. The summed E-state index contributed by atoms with van der Waals surface area (Å²) in [4.78, 5) is 25.0. The average molecular weight is 392 g/mol. The third-order valence-electron chi connectivity index (χ3n) is 4.56. The van der Waals surface area contributed by atoms with Gasteiger partial charge in [-0.3, -0.25) is 9.59 Å². The maximum Gasteiger partial charge on any atom is 0.224 e. The zero-order valence-corrected chi connectivity index (χ0v) is 18.1. The van der Waals surface area contributed by atoms with Crippen LogP contribution in [0.4, 0.5) is 0 Å². The van der Waals surface area contributed by atoms with Gasteiger partial charge in [-0.25, -0.2) is 0 Å². The highest BCUT2D eigenvalue weighted by molar-refractivity contribution is 5.86. The van der Waals surface area contributed by atoms with Crippen molar-refractivity contribution in [2.75, 3.05) is 6.54 Å². The van der Waals surface area contributed by atoms with Gasteiger partial charge in [0.25, 0.3) is 0 Å². The topological polar surface area (TPSA) is 104 Å². The third-order valence-corrected chi connectivity index (χ3v) is 4.56. The van der Waals surface area contributed by atoms with Crippen LogP contribution in [0, 0.1) is 11.3 Å². The van der Waals surface area contributed by atoms with Crippen LogP contribution in [0.1, 0.15) is 53.5 Å². The quantitative estimate of drug-likeness (QED) is 0.544. The van der Waals surface area contributed by atoms with Crippen molar-refractivity contribution < 1.29 is 14.7 Å². The van der Waals surface area contributed by atoms with Gasteiger partial charge >= 0.3 is 0 Å². The molecule has 1 rings (SSSR count). The van der Waals surface area contributed by atoms with Crippen LogP contribution in [0.2, 0.25) is 0 Å². The van der Waals surface area contributed by atoms with Crippen LogP contribution in [0.5, 0.6) is 0 Å². The Hall–Kier alpha value is -1.92. The highest BCUT2D eigenvalue weighted by atomic mass is 16.3. The van der Waals surface area contributed by atoms with E-state index in [1.165, 1.54) is 0 Å². The fourth-order valence-electron chi connectivity index (χ4n) is 2.95. The van der Waals surface area contributed by atoms with Gasteiger partial charge in [0, 0.05) is 24.5 Å². The number of benzene rings is 1. The molecular formula is C22H37N3O3. The maximum absolute atomic E-state index is 12.7. The monoisotopic (exact) mass is 391 g/mol. The Labute approximate surface area is 169 Å². The van der Waals surface area contributed by atoms with E-state index in [1.807, 2.05) is 71.9 Å². The molecule has 0 unspecified atom stereocenters. The number of hydrogen-bond acceptors (Lipinski definition) is 4. The Balaban J connectivity index is 2.63. The fraction of sp³-hybridized carbons (Fsp3) is 0.636. The Bertz CT molecular complexity index is 633. The summed E-state index contributed by atoms with van der Waals surface area (Å²) < 4.78 is 0. The highest BCUT2D eigenvalue weighted by Crippen LogP contribution is 2.29. The second kappa shape index (κ2) is 10.0. The summed E-state index contributed by atoms with van der Waals surface area (Å²) >= 11 is 0. The number of aliphatic hydroxyl groups is 1. The Morgan fingerprint density at radius 1 is 1.07 bits per heavy atom. The zero-order chi connectivity index (χ0) is 21.5. The molecule has 0 saturated heterocycles. The molecule has 2 amide bonds. The lowest BCUT2D eigenvalue weighted by Gasteiger charge is -2.31. The van der Waals surface area contributed by atoms with Gasteiger partial charge in [-0.15, -0.1) is 0 Å². The van der Waals surface area contributed by atoms with Gasteiger partial charge in [-0.2, -0.15) is 0 Å². The Morgan fingerprint density at radius 2 is 1.64 bits per heavy atom. The summed E-state index contributed by atoms with van der Waals surface area (Å²) in [6.07, 6.45) is -0.249. The van der Waals surface area contributed by atoms with Gasteiger partial charge < -0.3 is 21.5 Å². The Kier molecular flexibility index (Phi) is 8.64. The fourth-order valence-corrected chi connectivity index (χ4v) is 2.95. The van der Waals surface area contributed by atoms with Gasteiger partial charge in [0.05, 0.1) is 12.0 Å². The highest BCUT2D eigenvalue weighted by Gasteiger charge is 2.34. The SMILES string of the molecule is CC(C)(C)NC(=O)C[C@@H](C(=O)NC[C@@H](O)[C@@H](N)Cc1ccccc1)C(C)(C)C. The lowest BCUT2D eigenvalue weighted by Crippen LogP contribution is -2.49. The normalized spacial score (nSPS) is 15.4. The first-order valence-corrected chi connectivity index (χ1v) is 9.86. The lowest BCUT2D eigenvalue weighted by molar-refractivity contribution is -0.134. The van der Waals surface area contributed by atoms with Crippen molar-refractivity contribution in [2.24, 2.45) is 17.1 Å². The predicted molar refractivity (Wildman–Crippen MR) is 113 cm³/mol. The molecule has 1 aromatic rings. The van der Waals surface area contributed by atoms with Crippen molar-refractivity contribution >= 4 is 11.8 Å². The van der Waals surface area contributed by atoms with Gasteiger partial charge in [-0.1, -0.05) is 51.1 Å². The van der Waals surface area contributed by atoms with Crippen LogP contribution < -0.4 is 16.4 Å². The molecule has 0 aliphatic heterocycles. The van der Waals surface area contributed by atoms with Crippen LogP contribution in [0.15, 0.2) is 30.3 Å². The summed E-state index contributed by atoms with van der Waals surface area (Å²) in [5.41, 5.74) is 6.37. The van der Waals surface area contributed by atoms with E-state index in [4.69, 9.17) is 5.73 Å². The van der Waals surface area contributed by atoms with E-state index in [0.717, 1.165) is 5.56 Å². The largest absolute Gasteiger partial charge is 0.390 e. The summed E-state index contributed by atoms with van der Waals surface area (Å²) in [5, 5.41) is 16.0. The van der Waals surface area contributed by atoms with Crippen LogP contribution in [-0.4, -0.2) is 41.2 Å². The molecule has 6 heteroatoms. The second-order valence-corrected chi connectivity index (χ2v) is 9.59. The Morgan fingerprint density at radius 3 is 2.14 bits per heavy atom. The number of carbonyl (C=O) groups is 2. The number of nitrogens with two attached hydrogens (primary N) is 1. The average Bonchev–Trinajstić information content (AvgIpc) is 2.55. The van der Waals surface area contributed by atoms with Gasteiger partial charge in [0.15, 0.2) is 0 Å². The predicted octanol–water partition coefficient (Wildman–Crippen LogP) is 2.00. The summed E-state index contributed by atoms with van der Waals surface area (Å²) in [6.45, 7) is 11.6. The summed E-state index contributed by atoms with van der Waals surface area (Å²) in [6, 6.07) is 9.19. The number of amides is 2. The van der Waals surface area contributed by atoms with Crippen molar-refractivity contribution in [1.82, 2.24) is 10.6 Å². The number of rotatable bonds is 8. The molecule has 0 spiro atoms. The molecule has 0 aromatic heterocycles. The van der Waals surface area contributed by atoms with E-state index in [-0.39, 0.29) is 30.3 Å². The summed E-state index contributed by atoms with van der Waals surface area (Å²) in [7, 11) is 0. The van der Waals surface area contributed by atoms with E-state index < -0.39 is 23.5 Å². The molecule has 0 aliphatic rings. The number of aliphatic hydroxyl groups excluding tert-OH is 1. The number of nitrogens with one attached hydrogen (secondary N) is 2. The second-order valence-electron chi connectivity index (χ2n) is 9.59. The molecule has 6 nitrogen and oxygen atoms in total. The van der Waals surface area contributed by atoms with E-state index >= 15 is 0 Å². The minimum Gasteiger partial charge on any atom is -0.390 e. The molecule has 0 fully saturated rings. The smallest absolute Gasteiger partial charge is 0.224 e. The molecule has 28 heavy (non-hydrogen) atoms. The third kappa shape index (κ3) is 8.85. The molecule has 0 bridgehead atoms. The van der Waals surface area contributed by atoms with E-state index in [0.29, 0.717) is 6.42 Å². The van der Waals surface area contributed by atoms with Crippen LogP contribution in [-0.2, 0) is 16.0 Å². The molecule has 0 heterocycles. The van der Waals surface area contributed by atoms with Crippen molar-refractivity contribution in [3.63, 3.8) is 0 Å². The van der Waals surface area contributed by atoms with Gasteiger partial charge in [-0.05, 0) is 38.2 Å². The van der Waals surface area contributed by atoms with Crippen LogP contribution in [0.25, 0.3) is 0 Å². The standard InChI is InChI=1S/C22H37N3O3/c1-21(2,3)16(13-19(27)25-22(4,5)6)20(28)24-14-18(26)17(23)12-15-10-8-7-9-11-15/h7-11,16-18,26H,12-14,23H2,1-6H3,(H,24,28)(H,25,27)/t16-,17-,18+/m0/s1. The lowest BCUT2D eigenvalue weighted by atomic mass is 9.77. The first-order chi connectivity index (χ1) is 12.8. The minimum absolute atomic E-state index is 0.0559. The van der Waals surface area contributed by atoms with Gasteiger partial charge in [0.2, 0.25) is 11.8 Å². The van der Waals surface area contributed by atoms with Crippen molar-refractivity contribution in [3.05, 3.63) is 35.9 Å². The number of hydrogen-bond donors (Lipinski definition) is 4. The van der Waals surface area contributed by atoms with E-state index in [9.17, 15) is 14.7 Å². The van der Waals surface area contributed by atoms with E-state index in [1.54, 1.807) is 0 Å². The molecule has 3 atom stereocenters. The number of carbonyl (C=O) groups excluding carboxylic acids is 2. The van der Waals surface area contributed by atoms with E-state index in [2.05, 4.69) is 10.6 Å². The van der Waals surface area contributed by atoms with Crippen molar-refractivity contribution in [1.29, 1.82) is 0 Å². The van der Waals surface area contributed by atoms with Crippen molar-refractivity contribution in [3.8, 4) is 0 Å². The molecule has 0 aliphatic carbocycles. The molecule has 0 saturated carbocycles. The molecular weight excluding hydrogens is 354 g/mol. The molecule has 1 aromatic carbocycles. The van der Waals surface area contributed by atoms with Crippen molar-refractivity contribution in [2.45, 2.75) is 72.1 Å². The van der Waals surface area contributed by atoms with Gasteiger partial charge in [0.1, 0.15) is 0 Å². The van der Waals surface area contributed by atoms with Crippen LogP contribution >= 0.6 is 0 Å². The molecule has 0 radical (unpaired) electrons. The summed E-state index contributed by atoms with van der Waals surface area (Å²) in [5.74, 6) is -0.918. The minimum atomic E-state index is -0.867. The molecule has 158 valence electrons. The van der Waals surface area contributed by atoms with Crippen LogP contribution in [0.3, 0.4) is 0 Å². The maximum atomic E-state index is 12.7. The molecule has 5 N–H and O–H groups in total. The first kappa shape index (κ1) is 24.1. The zero-order valence-electron chi connectivity index (χ0n) is 18.1.